The van der Waals surface area contributed by atoms with Crippen molar-refractivity contribution in [3.63, 3.8) is 0 Å². The number of benzene rings is 1. The molecule has 0 unspecified atom stereocenters. The third-order valence-electron chi connectivity index (χ3n) is 2.03. The van der Waals surface area contributed by atoms with Gasteiger partial charge in [-0.25, -0.2) is 13.2 Å². The van der Waals surface area contributed by atoms with Crippen molar-refractivity contribution in [1.29, 1.82) is 0 Å². The number of carbonyl (C=O) groups excluding carboxylic acids is 1. The summed E-state index contributed by atoms with van der Waals surface area (Å²) in [6.45, 7) is 0.193. The molecule has 2 nitrogen and oxygen atoms in total. The van der Waals surface area contributed by atoms with Crippen molar-refractivity contribution < 1.29 is 18.0 Å². The van der Waals surface area contributed by atoms with Crippen molar-refractivity contribution in [2.75, 3.05) is 19.5 Å². The molecule has 0 spiro atoms. The summed E-state index contributed by atoms with van der Waals surface area (Å²) in [6.07, 6.45) is 0. The molecule has 0 saturated heterocycles. The van der Waals surface area contributed by atoms with Crippen molar-refractivity contribution >= 4 is 17.5 Å². The second-order valence-corrected chi connectivity index (χ2v) is 3.52. The number of rotatable bonds is 3. The SMILES string of the molecule is CN(CCCl)C(=O)c1ccc(F)c(F)c1F. The van der Waals surface area contributed by atoms with E-state index in [-0.39, 0.29) is 12.4 Å². The van der Waals surface area contributed by atoms with E-state index in [1.807, 2.05) is 0 Å². The molecule has 0 aliphatic heterocycles. The van der Waals surface area contributed by atoms with Gasteiger partial charge >= 0.3 is 0 Å². The molecule has 0 aromatic heterocycles. The van der Waals surface area contributed by atoms with Gasteiger partial charge in [-0.15, -0.1) is 11.6 Å². The zero-order chi connectivity index (χ0) is 12.3. The first kappa shape index (κ1) is 12.8. The predicted octanol–water partition coefficient (Wildman–Crippen LogP) is 2.41. The van der Waals surface area contributed by atoms with Crippen molar-refractivity contribution in [2.45, 2.75) is 0 Å². The molecule has 0 aliphatic carbocycles. The number of amides is 1. The van der Waals surface area contributed by atoms with Gasteiger partial charge in [0.2, 0.25) is 0 Å². The molecule has 1 amide bonds. The Balaban J connectivity index is 3.05. The lowest BCUT2D eigenvalue weighted by Crippen LogP contribution is -2.29. The van der Waals surface area contributed by atoms with Gasteiger partial charge in [0.25, 0.3) is 5.91 Å². The lowest BCUT2D eigenvalue weighted by molar-refractivity contribution is 0.0797. The monoisotopic (exact) mass is 251 g/mol. The second kappa shape index (κ2) is 5.21. The van der Waals surface area contributed by atoms with E-state index in [0.717, 1.165) is 11.0 Å². The summed E-state index contributed by atoms with van der Waals surface area (Å²) in [5.74, 6) is -5.02. The van der Waals surface area contributed by atoms with Gasteiger partial charge in [-0.2, -0.15) is 0 Å². The van der Waals surface area contributed by atoms with Crippen LogP contribution in [0.4, 0.5) is 13.2 Å². The molecule has 0 atom stereocenters. The van der Waals surface area contributed by atoms with Crippen LogP contribution in [0.2, 0.25) is 0 Å². The van der Waals surface area contributed by atoms with Gasteiger partial charge in [0.15, 0.2) is 17.5 Å². The summed E-state index contributed by atoms with van der Waals surface area (Å²) in [5, 5.41) is 0. The first-order chi connectivity index (χ1) is 7.49. The highest BCUT2D eigenvalue weighted by molar-refractivity contribution is 6.18. The van der Waals surface area contributed by atoms with Crippen LogP contribution in [-0.2, 0) is 0 Å². The van der Waals surface area contributed by atoms with E-state index < -0.39 is 28.9 Å². The number of carbonyl (C=O) groups is 1. The summed E-state index contributed by atoms with van der Waals surface area (Å²) >= 11 is 5.40. The highest BCUT2D eigenvalue weighted by Crippen LogP contribution is 2.16. The standard InChI is InChI=1S/C10H9ClF3NO/c1-15(5-4-11)10(16)6-2-3-7(12)9(14)8(6)13/h2-3H,4-5H2,1H3. The molecule has 0 radical (unpaired) electrons. The Morgan fingerprint density at radius 1 is 1.31 bits per heavy atom. The second-order valence-electron chi connectivity index (χ2n) is 3.14. The van der Waals surface area contributed by atoms with Gasteiger partial charge < -0.3 is 4.90 Å². The van der Waals surface area contributed by atoms with Crippen LogP contribution in [-0.4, -0.2) is 30.3 Å². The number of nitrogens with zero attached hydrogens (tertiary/aromatic N) is 1. The Kier molecular flexibility index (Phi) is 4.18. The van der Waals surface area contributed by atoms with Gasteiger partial charge in [-0.1, -0.05) is 0 Å². The summed E-state index contributed by atoms with van der Waals surface area (Å²) in [5.41, 5.74) is -0.508. The maximum absolute atomic E-state index is 13.2. The van der Waals surface area contributed by atoms with Gasteiger partial charge in [0.05, 0.1) is 5.56 Å². The molecular formula is C10H9ClF3NO. The van der Waals surface area contributed by atoms with Crippen LogP contribution >= 0.6 is 11.6 Å². The van der Waals surface area contributed by atoms with Crippen molar-refractivity contribution in [1.82, 2.24) is 4.90 Å². The zero-order valence-corrected chi connectivity index (χ0v) is 9.19. The van der Waals surface area contributed by atoms with Crippen LogP contribution in [0.25, 0.3) is 0 Å². The summed E-state index contributed by atoms with van der Waals surface area (Å²) in [7, 11) is 1.39. The fourth-order valence-corrected chi connectivity index (χ4v) is 1.38. The minimum atomic E-state index is -1.65. The average Bonchev–Trinajstić information content (AvgIpc) is 2.26. The quantitative estimate of drug-likeness (QED) is 0.597. The van der Waals surface area contributed by atoms with Crippen LogP contribution in [0.1, 0.15) is 10.4 Å². The van der Waals surface area contributed by atoms with Gasteiger partial charge in [0.1, 0.15) is 0 Å². The van der Waals surface area contributed by atoms with Crippen LogP contribution in [0.3, 0.4) is 0 Å². The lowest BCUT2D eigenvalue weighted by atomic mass is 10.1. The highest BCUT2D eigenvalue weighted by Gasteiger charge is 2.20. The minimum absolute atomic E-state index is 0.174. The number of alkyl halides is 1. The molecule has 0 bridgehead atoms. The predicted molar refractivity (Wildman–Crippen MR) is 54.0 cm³/mol. The zero-order valence-electron chi connectivity index (χ0n) is 8.44. The molecule has 0 aliphatic rings. The fourth-order valence-electron chi connectivity index (χ4n) is 1.13. The third-order valence-corrected chi connectivity index (χ3v) is 2.20. The number of hydrogen-bond donors (Lipinski definition) is 0. The Morgan fingerprint density at radius 2 is 1.94 bits per heavy atom. The molecule has 88 valence electrons. The number of halogens is 4. The Bertz CT molecular complexity index is 411. The molecule has 0 heterocycles. The normalized spacial score (nSPS) is 10.3. The van der Waals surface area contributed by atoms with Gasteiger partial charge in [-0.05, 0) is 12.1 Å². The summed E-state index contributed by atoms with van der Waals surface area (Å²) < 4.78 is 38.7. The average molecular weight is 252 g/mol. The molecule has 6 heteroatoms. The van der Waals surface area contributed by atoms with E-state index in [1.54, 1.807) is 0 Å². The largest absolute Gasteiger partial charge is 0.340 e. The smallest absolute Gasteiger partial charge is 0.256 e. The third kappa shape index (κ3) is 2.47. The summed E-state index contributed by atoms with van der Waals surface area (Å²) in [4.78, 5) is 12.7. The molecule has 0 fully saturated rings. The van der Waals surface area contributed by atoms with E-state index in [4.69, 9.17) is 11.6 Å². The van der Waals surface area contributed by atoms with Gasteiger partial charge in [-0.3, -0.25) is 4.79 Å². The number of hydrogen-bond acceptors (Lipinski definition) is 1. The minimum Gasteiger partial charge on any atom is -0.340 e. The van der Waals surface area contributed by atoms with Crippen LogP contribution < -0.4 is 0 Å². The Morgan fingerprint density at radius 3 is 2.50 bits per heavy atom. The fraction of sp³-hybridized carbons (Fsp3) is 0.300. The van der Waals surface area contributed by atoms with Crippen molar-refractivity contribution in [3.05, 3.63) is 35.1 Å². The van der Waals surface area contributed by atoms with E-state index in [0.29, 0.717) is 6.07 Å². The molecule has 16 heavy (non-hydrogen) atoms. The summed E-state index contributed by atoms with van der Waals surface area (Å²) in [6, 6.07) is 1.61. The van der Waals surface area contributed by atoms with Crippen molar-refractivity contribution in [2.24, 2.45) is 0 Å². The first-order valence-corrected chi connectivity index (χ1v) is 4.97. The molecule has 1 aromatic carbocycles. The Hall–Kier alpha value is -1.23. The van der Waals surface area contributed by atoms with E-state index in [1.165, 1.54) is 7.05 Å². The maximum Gasteiger partial charge on any atom is 0.256 e. The maximum atomic E-state index is 13.2. The van der Waals surface area contributed by atoms with Crippen molar-refractivity contribution in [3.8, 4) is 0 Å². The van der Waals surface area contributed by atoms with Crippen LogP contribution in [0, 0.1) is 17.5 Å². The topological polar surface area (TPSA) is 20.3 Å². The molecule has 0 N–H and O–H groups in total. The lowest BCUT2D eigenvalue weighted by Gasteiger charge is -2.15. The van der Waals surface area contributed by atoms with E-state index >= 15 is 0 Å². The van der Waals surface area contributed by atoms with Gasteiger partial charge in [0, 0.05) is 19.5 Å². The highest BCUT2D eigenvalue weighted by atomic mass is 35.5. The van der Waals surface area contributed by atoms with E-state index in [2.05, 4.69) is 0 Å². The molecule has 1 rings (SSSR count). The van der Waals surface area contributed by atoms with E-state index in [9.17, 15) is 18.0 Å². The molecule has 1 aromatic rings. The van der Waals surface area contributed by atoms with Crippen LogP contribution in [0.5, 0.6) is 0 Å². The molecular weight excluding hydrogens is 243 g/mol. The molecule has 0 saturated carbocycles. The Labute approximate surface area is 95.6 Å². The first-order valence-electron chi connectivity index (χ1n) is 4.44. The van der Waals surface area contributed by atoms with Crippen LogP contribution in [0.15, 0.2) is 12.1 Å².